The minimum Gasteiger partial charge on any atom is -0.368 e. The van der Waals surface area contributed by atoms with Crippen molar-refractivity contribution in [1.29, 1.82) is 0 Å². The maximum absolute atomic E-state index is 11.5. The molecule has 122 valence electrons. The highest BCUT2D eigenvalue weighted by Crippen LogP contribution is 2.19. The van der Waals surface area contributed by atoms with Gasteiger partial charge in [0.05, 0.1) is 18.1 Å². The third-order valence-corrected chi connectivity index (χ3v) is 3.05. The minimum absolute atomic E-state index is 0.0217. The average Bonchev–Trinajstić information content (AvgIpc) is 2.89. The Morgan fingerprint density at radius 2 is 2.09 bits per heavy atom. The summed E-state index contributed by atoms with van der Waals surface area (Å²) >= 11 is 0. The molecule has 2 aromatic heterocycles. The van der Waals surface area contributed by atoms with E-state index in [2.05, 4.69) is 25.7 Å². The second-order valence-corrected chi connectivity index (χ2v) is 4.85. The van der Waals surface area contributed by atoms with Gasteiger partial charge in [-0.3, -0.25) is 14.3 Å². The molecule has 0 saturated heterocycles. The summed E-state index contributed by atoms with van der Waals surface area (Å²) in [4.78, 5) is 31.0. The van der Waals surface area contributed by atoms with Gasteiger partial charge in [-0.15, -0.1) is 0 Å². The van der Waals surface area contributed by atoms with Crippen LogP contribution in [0.4, 0.5) is 17.3 Å². The molecule has 23 heavy (non-hydrogen) atoms. The van der Waals surface area contributed by atoms with E-state index < -0.39 is 17.9 Å². The fraction of sp³-hybridized carbons (Fsp3) is 0.308. The first-order chi connectivity index (χ1) is 10.9. The van der Waals surface area contributed by atoms with E-state index >= 15 is 0 Å². The molecule has 0 spiro atoms. The maximum Gasteiger partial charge on any atom is 0.271 e. The van der Waals surface area contributed by atoms with Crippen LogP contribution in [-0.4, -0.2) is 37.6 Å². The standard InChI is InChI=1S/C13H18N8O2/c1-3-8(11(14)22)19-9-5-16-10(12(15)23)13(20-9)18-7-4-17-21(2)6-7/h4-6,8H,3H2,1-2H3,(H2,14,22)(H2,15,23)(H2,18,19,20). The number of nitrogens with two attached hydrogens (primary N) is 2. The lowest BCUT2D eigenvalue weighted by atomic mass is 10.2. The summed E-state index contributed by atoms with van der Waals surface area (Å²) in [6.07, 6.45) is 5.07. The monoisotopic (exact) mass is 318 g/mol. The van der Waals surface area contributed by atoms with Gasteiger partial charge in [-0.2, -0.15) is 5.10 Å². The molecule has 2 amide bonds. The zero-order valence-electron chi connectivity index (χ0n) is 12.8. The molecule has 0 bridgehead atoms. The summed E-state index contributed by atoms with van der Waals surface area (Å²) in [6.45, 7) is 1.81. The zero-order valence-corrected chi connectivity index (χ0v) is 12.8. The number of aromatic nitrogens is 4. The molecule has 1 unspecified atom stereocenters. The number of primary amides is 2. The molecule has 2 rings (SSSR count). The Morgan fingerprint density at radius 3 is 2.61 bits per heavy atom. The second-order valence-electron chi connectivity index (χ2n) is 4.85. The third kappa shape index (κ3) is 3.93. The van der Waals surface area contributed by atoms with Gasteiger partial charge in [0.2, 0.25) is 5.91 Å². The van der Waals surface area contributed by atoms with Crippen molar-refractivity contribution < 1.29 is 9.59 Å². The number of rotatable bonds is 7. The van der Waals surface area contributed by atoms with Crippen molar-refractivity contribution in [2.45, 2.75) is 19.4 Å². The van der Waals surface area contributed by atoms with E-state index in [9.17, 15) is 9.59 Å². The molecule has 10 nitrogen and oxygen atoms in total. The molecular formula is C13H18N8O2. The van der Waals surface area contributed by atoms with Gasteiger partial charge in [0.15, 0.2) is 11.5 Å². The van der Waals surface area contributed by atoms with Crippen LogP contribution in [0, 0.1) is 0 Å². The van der Waals surface area contributed by atoms with Crippen LogP contribution in [0.2, 0.25) is 0 Å². The van der Waals surface area contributed by atoms with Crippen molar-refractivity contribution in [2.24, 2.45) is 18.5 Å². The Balaban J connectivity index is 2.31. The zero-order chi connectivity index (χ0) is 17.0. The average molecular weight is 318 g/mol. The van der Waals surface area contributed by atoms with Gasteiger partial charge in [-0.05, 0) is 6.42 Å². The number of hydrogen-bond acceptors (Lipinski definition) is 7. The Bertz CT molecular complexity index is 727. The SMILES string of the molecule is CCC(Nc1cnc(C(N)=O)c(Nc2cnn(C)c2)n1)C(N)=O. The Hall–Kier alpha value is -3.17. The molecule has 10 heteroatoms. The largest absolute Gasteiger partial charge is 0.368 e. The van der Waals surface area contributed by atoms with Crippen LogP contribution in [0.1, 0.15) is 23.8 Å². The number of carbonyl (C=O) groups is 2. The number of nitrogens with one attached hydrogen (secondary N) is 2. The Labute approximate surface area is 132 Å². The first-order valence-corrected chi connectivity index (χ1v) is 6.89. The van der Waals surface area contributed by atoms with E-state index in [4.69, 9.17) is 11.5 Å². The highest BCUT2D eigenvalue weighted by atomic mass is 16.1. The number of nitrogens with zero attached hydrogens (tertiary/aromatic N) is 4. The molecule has 0 aliphatic carbocycles. The van der Waals surface area contributed by atoms with E-state index in [-0.39, 0.29) is 11.5 Å². The minimum atomic E-state index is -0.725. The second kappa shape index (κ2) is 6.73. The Morgan fingerprint density at radius 1 is 1.35 bits per heavy atom. The van der Waals surface area contributed by atoms with Gasteiger partial charge in [0.25, 0.3) is 5.91 Å². The first kappa shape index (κ1) is 16.2. The molecule has 1 atom stereocenters. The summed E-state index contributed by atoms with van der Waals surface area (Å²) in [5.41, 5.74) is 11.2. The molecule has 0 aliphatic heterocycles. The third-order valence-electron chi connectivity index (χ3n) is 3.05. The van der Waals surface area contributed by atoms with Gasteiger partial charge in [0.1, 0.15) is 11.9 Å². The van der Waals surface area contributed by atoms with Gasteiger partial charge in [0, 0.05) is 13.2 Å². The molecule has 2 heterocycles. The number of carbonyl (C=O) groups excluding carboxylic acids is 2. The summed E-state index contributed by atoms with van der Waals surface area (Å²) in [5, 5.41) is 9.79. The Kier molecular flexibility index (Phi) is 4.74. The van der Waals surface area contributed by atoms with Crippen molar-refractivity contribution in [1.82, 2.24) is 19.7 Å². The topological polar surface area (TPSA) is 154 Å². The van der Waals surface area contributed by atoms with Crippen molar-refractivity contribution in [3.8, 4) is 0 Å². The van der Waals surface area contributed by atoms with Crippen molar-refractivity contribution in [3.63, 3.8) is 0 Å². The van der Waals surface area contributed by atoms with Crippen LogP contribution in [-0.2, 0) is 11.8 Å². The predicted molar refractivity (Wildman–Crippen MR) is 83.9 cm³/mol. The van der Waals surface area contributed by atoms with E-state index in [0.717, 1.165) is 0 Å². The first-order valence-electron chi connectivity index (χ1n) is 6.89. The van der Waals surface area contributed by atoms with Crippen LogP contribution in [0.15, 0.2) is 18.6 Å². The van der Waals surface area contributed by atoms with Crippen LogP contribution in [0.3, 0.4) is 0 Å². The maximum atomic E-state index is 11.5. The quantitative estimate of drug-likeness (QED) is 0.547. The summed E-state index contributed by atoms with van der Waals surface area (Å²) in [6, 6.07) is -0.588. The summed E-state index contributed by atoms with van der Waals surface area (Å²) in [7, 11) is 1.75. The van der Waals surface area contributed by atoms with Crippen molar-refractivity contribution in [2.75, 3.05) is 10.6 Å². The molecule has 0 fully saturated rings. The molecule has 6 N–H and O–H groups in total. The highest BCUT2D eigenvalue weighted by Gasteiger charge is 2.17. The van der Waals surface area contributed by atoms with Crippen LogP contribution >= 0.6 is 0 Å². The molecule has 0 aromatic carbocycles. The normalized spacial score (nSPS) is 11.7. The molecule has 0 saturated carbocycles. The lowest BCUT2D eigenvalue weighted by Crippen LogP contribution is -2.35. The van der Waals surface area contributed by atoms with E-state index in [0.29, 0.717) is 17.9 Å². The van der Waals surface area contributed by atoms with E-state index in [1.54, 1.807) is 24.1 Å². The van der Waals surface area contributed by atoms with Gasteiger partial charge < -0.3 is 22.1 Å². The predicted octanol–water partition coefficient (Wildman–Crippen LogP) is -0.272. The highest BCUT2D eigenvalue weighted by molar-refractivity contribution is 5.96. The summed E-state index contributed by atoms with van der Waals surface area (Å²) < 4.78 is 1.59. The van der Waals surface area contributed by atoms with Crippen molar-refractivity contribution >= 4 is 29.1 Å². The van der Waals surface area contributed by atoms with Crippen LogP contribution in [0.25, 0.3) is 0 Å². The van der Waals surface area contributed by atoms with E-state index in [1.165, 1.54) is 6.20 Å². The van der Waals surface area contributed by atoms with Crippen molar-refractivity contribution in [3.05, 3.63) is 24.3 Å². The van der Waals surface area contributed by atoms with Crippen LogP contribution < -0.4 is 22.1 Å². The number of hydrogen-bond donors (Lipinski definition) is 4. The van der Waals surface area contributed by atoms with Crippen LogP contribution in [0.5, 0.6) is 0 Å². The molecule has 2 aromatic rings. The van der Waals surface area contributed by atoms with Gasteiger partial charge in [-0.1, -0.05) is 6.92 Å². The lowest BCUT2D eigenvalue weighted by Gasteiger charge is -2.15. The molecule has 0 radical (unpaired) electrons. The molecular weight excluding hydrogens is 300 g/mol. The van der Waals surface area contributed by atoms with Gasteiger partial charge in [-0.25, -0.2) is 9.97 Å². The number of amides is 2. The summed E-state index contributed by atoms with van der Waals surface area (Å²) in [5.74, 6) is -0.769. The van der Waals surface area contributed by atoms with Gasteiger partial charge >= 0.3 is 0 Å². The smallest absolute Gasteiger partial charge is 0.271 e. The van der Waals surface area contributed by atoms with E-state index in [1.807, 2.05) is 6.92 Å². The lowest BCUT2D eigenvalue weighted by molar-refractivity contribution is -0.118. The molecule has 0 aliphatic rings. The number of aryl methyl sites for hydroxylation is 1. The fourth-order valence-corrected chi connectivity index (χ4v) is 1.90. The number of anilines is 3. The fourth-order valence-electron chi connectivity index (χ4n) is 1.90.